The smallest absolute Gasteiger partial charge is 0.357 e. The standard InChI is InChI=1S/C12H11F3N2S/c1-8-3-2-4-9(5-8)6-16-11-17-7-10(18-11)12(13,14)15/h2-5,7H,6H2,1H3,(H,16,17). The van der Waals surface area contributed by atoms with Gasteiger partial charge in [-0.15, -0.1) is 0 Å². The predicted molar refractivity (Wildman–Crippen MR) is 65.6 cm³/mol. The highest BCUT2D eigenvalue weighted by atomic mass is 32.1. The van der Waals surface area contributed by atoms with Crippen molar-refractivity contribution in [2.45, 2.75) is 19.6 Å². The van der Waals surface area contributed by atoms with Gasteiger partial charge in [0, 0.05) is 6.54 Å². The summed E-state index contributed by atoms with van der Waals surface area (Å²) in [6.07, 6.45) is -3.47. The van der Waals surface area contributed by atoms with E-state index in [1.165, 1.54) is 0 Å². The van der Waals surface area contributed by atoms with Crippen molar-refractivity contribution in [2.75, 3.05) is 5.32 Å². The predicted octanol–water partition coefficient (Wildman–Crippen LogP) is 4.08. The van der Waals surface area contributed by atoms with Crippen LogP contribution >= 0.6 is 11.3 Å². The number of nitrogens with zero attached hydrogens (tertiary/aromatic N) is 1. The summed E-state index contributed by atoms with van der Waals surface area (Å²) in [7, 11) is 0. The maximum absolute atomic E-state index is 12.4. The molecular weight excluding hydrogens is 261 g/mol. The third kappa shape index (κ3) is 3.22. The van der Waals surface area contributed by atoms with Crippen LogP contribution < -0.4 is 5.32 Å². The van der Waals surface area contributed by atoms with Crippen molar-refractivity contribution in [3.05, 3.63) is 46.5 Å². The van der Waals surface area contributed by atoms with Crippen LogP contribution in [0.5, 0.6) is 0 Å². The highest BCUT2D eigenvalue weighted by molar-refractivity contribution is 7.15. The first kappa shape index (κ1) is 12.9. The molecule has 0 aliphatic carbocycles. The zero-order valence-corrected chi connectivity index (χ0v) is 10.4. The van der Waals surface area contributed by atoms with Gasteiger partial charge in [0.1, 0.15) is 4.88 Å². The second-order valence-electron chi connectivity index (χ2n) is 3.87. The largest absolute Gasteiger partial charge is 0.427 e. The number of aromatic nitrogens is 1. The number of nitrogens with one attached hydrogen (secondary N) is 1. The highest BCUT2D eigenvalue weighted by Crippen LogP contribution is 2.35. The van der Waals surface area contributed by atoms with Crippen molar-refractivity contribution >= 4 is 16.5 Å². The number of hydrogen-bond acceptors (Lipinski definition) is 3. The Bertz CT molecular complexity index is 534. The third-order valence-electron chi connectivity index (χ3n) is 2.31. The van der Waals surface area contributed by atoms with Crippen molar-refractivity contribution in [3.63, 3.8) is 0 Å². The summed E-state index contributed by atoms with van der Waals surface area (Å²) >= 11 is 0.616. The Morgan fingerprint density at radius 1 is 1.33 bits per heavy atom. The molecule has 6 heteroatoms. The molecule has 2 rings (SSSR count). The monoisotopic (exact) mass is 272 g/mol. The molecule has 0 aliphatic heterocycles. The fourth-order valence-corrected chi connectivity index (χ4v) is 2.17. The summed E-state index contributed by atoms with van der Waals surface area (Å²) in [5, 5.41) is 3.17. The van der Waals surface area contributed by atoms with E-state index in [-0.39, 0.29) is 5.13 Å². The lowest BCUT2D eigenvalue weighted by Crippen LogP contribution is -2.00. The van der Waals surface area contributed by atoms with E-state index in [0.717, 1.165) is 17.3 Å². The number of alkyl halides is 3. The molecule has 2 aromatic rings. The fraction of sp³-hybridized carbons (Fsp3) is 0.250. The van der Waals surface area contributed by atoms with Gasteiger partial charge in [-0.3, -0.25) is 0 Å². The zero-order valence-electron chi connectivity index (χ0n) is 9.58. The Kier molecular flexibility index (Phi) is 3.56. The molecule has 1 aromatic carbocycles. The van der Waals surface area contributed by atoms with E-state index in [2.05, 4.69) is 10.3 Å². The van der Waals surface area contributed by atoms with Crippen molar-refractivity contribution in [2.24, 2.45) is 0 Å². The van der Waals surface area contributed by atoms with E-state index in [1.807, 2.05) is 31.2 Å². The number of benzene rings is 1. The summed E-state index contributed by atoms with van der Waals surface area (Å²) in [5.41, 5.74) is 2.13. The molecule has 0 unspecified atom stereocenters. The molecule has 1 heterocycles. The van der Waals surface area contributed by atoms with Gasteiger partial charge in [0.2, 0.25) is 0 Å². The average molecular weight is 272 g/mol. The molecular formula is C12H11F3N2S. The van der Waals surface area contributed by atoms with Crippen LogP contribution in [0.15, 0.2) is 30.5 Å². The molecule has 96 valence electrons. The van der Waals surface area contributed by atoms with E-state index in [0.29, 0.717) is 17.9 Å². The molecule has 0 radical (unpaired) electrons. The second kappa shape index (κ2) is 4.97. The van der Waals surface area contributed by atoms with Crippen LogP contribution in [0.3, 0.4) is 0 Å². The highest BCUT2D eigenvalue weighted by Gasteiger charge is 2.33. The Balaban J connectivity index is 2.01. The SMILES string of the molecule is Cc1cccc(CNc2ncc(C(F)(F)F)s2)c1. The molecule has 2 nitrogen and oxygen atoms in total. The van der Waals surface area contributed by atoms with Gasteiger partial charge in [-0.25, -0.2) is 4.98 Å². The minimum atomic E-state index is -4.32. The van der Waals surface area contributed by atoms with E-state index < -0.39 is 11.1 Å². The quantitative estimate of drug-likeness (QED) is 0.910. The topological polar surface area (TPSA) is 24.9 Å². The lowest BCUT2D eigenvalue weighted by molar-refractivity contribution is -0.134. The molecule has 0 aliphatic rings. The number of aryl methyl sites for hydroxylation is 1. The Labute approximate surface area is 106 Å². The summed E-state index contributed by atoms with van der Waals surface area (Å²) in [6.45, 7) is 2.43. The molecule has 0 atom stereocenters. The van der Waals surface area contributed by atoms with Crippen molar-refractivity contribution < 1.29 is 13.2 Å². The van der Waals surface area contributed by atoms with Crippen LogP contribution in [0.2, 0.25) is 0 Å². The molecule has 0 fully saturated rings. The molecule has 18 heavy (non-hydrogen) atoms. The maximum atomic E-state index is 12.4. The van der Waals surface area contributed by atoms with Gasteiger partial charge in [-0.1, -0.05) is 41.2 Å². The molecule has 0 spiro atoms. The number of hydrogen-bond donors (Lipinski definition) is 1. The van der Waals surface area contributed by atoms with Crippen LogP contribution in [0, 0.1) is 6.92 Å². The Morgan fingerprint density at radius 3 is 2.72 bits per heavy atom. The van der Waals surface area contributed by atoms with E-state index >= 15 is 0 Å². The first-order valence-electron chi connectivity index (χ1n) is 5.27. The summed E-state index contributed by atoms with van der Waals surface area (Å²) in [6, 6.07) is 7.77. The van der Waals surface area contributed by atoms with Crippen LogP contribution in [-0.4, -0.2) is 4.98 Å². The number of halogens is 3. The van der Waals surface area contributed by atoms with Gasteiger partial charge in [0.05, 0.1) is 6.20 Å². The average Bonchev–Trinajstić information content (AvgIpc) is 2.74. The summed E-state index contributed by atoms with van der Waals surface area (Å²) < 4.78 is 37.1. The Morgan fingerprint density at radius 2 is 2.11 bits per heavy atom. The minimum Gasteiger partial charge on any atom is -0.357 e. The summed E-state index contributed by atoms with van der Waals surface area (Å²) in [4.78, 5) is 3.02. The zero-order chi connectivity index (χ0) is 13.2. The van der Waals surface area contributed by atoms with Crippen LogP contribution in [0.1, 0.15) is 16.0 Å². The van der Waals surface area contributed by atoms with Crippen molar-refractivity contribution in [1.82, 2.24) is 4.98 Å². The minimum absolute atomic E-state index is 0.281. The molecule has 0 amide bonds. The first-order valence-corrected chi connectivity index (χ1v) is 6.09. The van der Waals surface area contributed by atoms with E-state index in [4.69, 9.17) is 0 Å². The van der Waals surface area contributed by atoms with Crippen molar-refractivity contribution in [3.8, 4) is 0 Å². The molecule has 0 saturated carbocycles. The fourth-order valence-electron chi connectivity index (χ4n) is 1.49. The van der Waals surface area contributed by atoms with Gasteiger partial charge in [0.15, 0.2) is 5.13 Å². The van der Waals surface area contributed by atoms with Gasteiger partial charge < -0.3 is 5.32 Å². The molecule has 1 aromatic heterocycles. The molecule has 0 bridgehead atoms. The third-order valence-corrected chi connectivity index (χ3v) is 3.31. The van der Waals surface area contributed by atoms with Crippen LogP contribution in [-0.2, 0) is 12.7 Å². The van der Waals surface area contributed by atoms with Gasteiger partial charge in [0.25, 0.3) is 0 Å². The Hall–Kier alpha value is -1.56. The molecule has 1 N–H and O–H groups in total. The van der Waals surface area contributed by atoms with Gasteiger partial charge >= 0.3 is 6.18 Å². The van der Waals surface area contributed by atoms with Gasteiger partial charge in [-0.05, 0) is 12.5 Å². The van der Waals surface area contributed by atoms with Crippen LogP contribution in [0.4, 0.5) is 18.3 Å². The summed E-state index contributed by atoms with van der Waals surface area (Å²) in [5.74, 6) is 0. The lowest BCUT2D eigenvalue weighted by atomic mass is 10.1. The number of thiazole rings is 1. The normalized spacial score (nSPS) is 11.6. The second-order valence-corrected chi connectivity index (χ2v) is 4.90. The lowest BCUT2D eigenvalue weighted by Gasteiger charge is -2.04. The first-order chi connectivity index (χ1) is 8.45. The van der Waals surface area contributed by atoms with E-state index in [9.17, 15) is 13.2 Å². The van der Waals surface area contributed by atoms with Crippen LogP contribution in [0.25, 0.3) is 0 Å². The van der Waals surface area contributed by atoms with Crippen molar-refractivity contribution in [1.29, 1.82) is 0 Å². The number of rotatable bonds is 3. The molecule has 0 saturated heterocycles. The maximum Gasteiger partial charge on any atom is 0.427 e. The van der Waals surface area contributed by atoms with Gasteiger partial charge in [-0.2, -0.15) is 13.2 Å². The van der Waals surface area contributed by atoms with E-state index in [1.54, 1.807) is 0 Å². The number of anilines is 1.